The molecule has 0 radical (unpaired) electrons. The minimum Gasteiger partial charge on any atom is -0.279 e. The number of nitrogens with zero attached hydrogens (tertiary/aromatic N) is 4. The van der Waals surface area contributed by atoms with Gasteiger partial charge >= 0.3 is 6.18 Å². The second kappa shape index (κ2) is 4.45. The molecule has 8 heteroatoms. The summed E-state index contributed by atoms with van der Waals surface area (Å²) in [5.41, 5.74) is -0.303. The monoisotopic (exact) mass is 298 g/mol. The Morgan fingerprint density at radius 3 is 2.60 bits per heavy atom. The Hall–Kier alpha value is -2.15. The van der Waals surface area contributed by atoms with Crippen molar-refractivity contribution in [2.24, 2.45) is 0 Å². The largest absolute Gasteiger partial charge is 0.417 e. The SMILES string of the molecule is FC(F)(F)c1cc(Cl)c2nnc(-c3ccccn3)n2c1. The summed E-state index contributed by atoms with van der Waals surface area (Å²) in [6, 6.07) is 5.86. The van der Waals surface area contributed by atoms with Crippen molar-refractivity contribution in [3.63, 3.8) is 0 Å². The van der Waals surface area contributed by atoms with Gasteiger partial charge in [-0.1, -0.05) is 17.7 Å². The van der Waals surface area contributed by atoms with Gasteiger partial charge in [-0.2, -0.15) is 13.2 Å². The molecule has 0 saturated carbocycles. The summed E-state index contributed by atoms with van der Waals surface area (Å²) in [5.74, 6) is 0.202. The Labute approximate surface area is 115 Å². The van der Waals surface area contributed by atoms with E-state index in [1.807, 2.05) is 0 Å². The molecule has 0 unspecified atom stereocenters. The number of aromatic nitrogens is 4. The Bertz CT molecular complexity index is 767. The average Bonchev–Trinajstić information content (AvgIpc) is 2.83. The summed E-state index contributed by atoms with van der Waals surface area (Å²) < 4.78 is 39.6. The van der Waals surface area contributed by atoms with Gasteiger partial charge in [-0.3, -0.25) is 9.38 Å². The first kappa shape index (κ1) is 12.9. The van der Waals surface area contributed by atoms with E-state index in [0.717, 1.165) is 12.3 Å². The number of rotatable bonds is 1. The van der Waals surface area contributed by atoms with Crippen molar-refractivity contribution in [3.05, 3.63) is 47.2 Å². The highest BCUT2D eigenvalue weighted by atomic mass is 35.5. The van der Waals surface area contributed by atoms with E-state index in [9.17, 15) is 13.2 Å². The standard InChI is InChI=1S/C12H6ClF3N4/c13-8-5-7(12(14,15)16)6-20-10(8)18-19-11(20)9-3-1-2-4-17-9/h1-6H. The van der Waals surface area contributed by atoms with Gasteiger partial charge in [0.15, 0.2) is 11.5 Å². The van der Waals surface area contributed by atoms with Gasteiger partial charge in [0.2, 0.25) is 0 Å². The molecule has 3 aromatic heterocycles. The molecule has 0 amide bonds. The summed E-state index contributed by atoms with van der Waals surface area (Å²) >= 11 is 5.83. The number of hydrogen-bond donors (Lipinski definition) is 0. The third-order valence-corrected chi connectivity index (χ3v) is 2.96. The molecule has 0 aliphatic heterocycles. The lowest BCUT2D eigenvalue weighted by atomic mass is 10.2. The normalized spacial score (nSPS) is 12.0. The van der Waals surface area contributed by atoms with Gasteiger partial charge in [0.25, 0.3) is 0 Å². The van der Waals surface area contributed by atoms with Gasteiger partial charge in [-0.05, 0) is 18.2 Å². The van der Waals surface area contributed by atoms with E-state index in [1.165, 1.54) is 10.6 Å². The Kier molecular flexibility index (Phi) is 2.86. The van der Waals surface area contributed by atoms with Crippen LogP contribution < -0.4 is 0 Å². The maximum atomic E-state index is 12.8. The fraction of sp³-hybridized carbons (Fsp3) is 0.0833. The minimum atomic E-state index is -4.50. The fourth-order valence-corrected chi connectivity index (χ4v) is 2.03. The third-order valence-electron chi connectivity index (χ3n) is 2.68. The number of hydrogen-bond acceptors (Lipinski definition) is 3. The van der Waals surface area contributed by atoms with E-state index in [2.05, 4.69) is 15.2 Å². The third kappa shape index (κ3) is 2.09. The van der Waals surface area contributed by atoms with Crippen molar-refractivity contribution in [3.8, 4) is 11.5 Å². The molecule has 3 aromatic rings. The first-order valence-electron chi connectivity index (χ1n) is 5.50. The number of halogens is 4. The molecular formula is C12H6ClF3N4. The summed E-state index contributed by atoms with van der Waals surface area (Å²) in [4.78, 5) is 4.05. The van der Waals surface area contributed by atoms with Crippen LogP contribution in [0.4, 0.5) is 13.2 Å². The van der Waals surface area contributed by atoms with Crippen LogP contribution in [-0.4, -0.2) is 19.6 Å². The first-order chi connectivity index (χ1) is 9.47. The van der Waals surface area contributed by atoms with Gasteiger partial charge in [0.1, 0.15) is 5.69 Å². The summed E-state index contributed by atoms with van der Waals surface area (Å²) in [6.07, 6.45) is -2.07. The lowest BCUT2D eigenvalue weighted by molar-refractivity contribution is -0.137. The maximum absolute atomic E-state index is 12.8. The quantitative estimate of drug-likeness (QED) is 0.691. The predicted molar refractivity (Wildman–Crippen MR) is 66.2 cm³/mol. The number of alkyl halides is 3. The molecule has 4 nitrogen and oxygen atoms in total. The lowest BCUT2D eigenvalue weighted by Gasteiger charge is -2.08. The molecule has 0 bridgehead atoms. The highest BCUT2D eigenvalue weighted by Crippen LogP contribution is 2.33. The zero-order valence-electron chi connectivity index (χ0n) is 9.76. The molecule has 0 aliphatic carbocycles. The van der Waals surface area contributed by atoms with Crippen molar-refractivity contribution >= 4 is 17.2 Å². The molecule has 0 spiro atoms. The molecular weight excluding hydrogens is 293 g/mol. The van der Waals surface area contributed by atoms with E-state index in [1.54, 1.807) is 18.2 Å². The topological polar surface area (TPSA) is 43.1 Å². The van der Waals surface area contributed by atoms with Gasteiger partial charge in [0.05, 0.1) is 10.6 Å². The second-order valence-electron chi connectivity index (χ2n) is 4.01. The summed E-state index contributed by atoms with van der Waals surface area (Å²) in [5, 5.41) is 7.52. The summed E-state index contributed by atoms with van der Waals surface area (Å²) in [7, 11) is 0. The average molecular weight is 299 g/mol. The van der Waals surface area contributed by atoms with Crippen LogP contribution in [0.15, 0.2) is 36.7 Å². The van der Waals surface area contributed by atoms with Crippen LogP contribution in [0.25, 0.3) is 17.2 Å². The van der Waals surface area contributed by atoms with Crippen LogP contribution in [0, 0.1) is 0 Å². The molecule has 3 heterocycles. The smallest absolute Gasteiger partial charge is 0.279 e. The van der Waals surface area contributed by atoms with E-state index in [4.69, 9.17) is 11.6 Å². The van der Waals surface area contributed by atoms with Crippen LogP contribution >= 0.6 is 11.6 Å². The zero-order chi connectivity index (χ0) is 14.3. The number of pyridine rings is 2. The molecule has 20 heavy (non-hydrogen) atoms. The van der Waals surface area contributed by atoms with E-state index < -0.39 is 11.7 Å². The molecule has 0 fully saturated rings. The first-order valence-corrected chi connectivity index (χ1v) is 5.87. The van der Waals surface area contributed by atoms with Crippen LogP contribution in [0.2, 0.25) is 5.02 Å². The Morgan fingerprint density at radius 2 is 1.95 bits per heavy atom. The van der Waals surface area contributed by atoms with Crippen molar-refractivity contribution < 1.29 is 13.2 Å². The molecule has 0 N–H and O–H groups in total. The number of fused-ring (bicyclic) bond motifs is 1. The van der Waals surface area contributed by atoms with Crippen molar-refractivity contribution in [2.45, 2.75) is 6.18 Å². The Morgan fingerprint density at radius 1 is 1.15 bits per heavy atom. The highest BCUT2D eigenvalue weighted by molar-refractivity contribution is 6.33. The maximum Gasteiger partial charge on any atom is 0.417 e. The molecule has 102 valence electrons. The molecule has 3 rings (SSSR count). The minimum absolute atomic E-state index is 0.116. The Balaban J connectivity index is 2.28. The zero-order valence-corrected chi connectivity index (χ0v) is 10.5. The van der Waals surface area contributed by atoms with Crippen LogP contribution in [0.1, 0.15) is 5.56 Å². The van der Waals surface area contributed by atoms with E-state index >= 15 is 0 Å². The van der Waals surface area contributed by atoms with Gasteiger partial charge in [-0.25, -0.2) is 0 Å². The predicted octanol–water partition coefficient (Wildman–Crippen LogP) is 3.46. The van der Waals surface area contributed by atoms with Gasteiger partial charge < -0.3 is 0 Å². The van der Waals surface area contributed by atoms with Crippen molar-refractivity contribution in [1.82, 2.24) is 19.6 Å². The van der Waals surface area contributed by atoms with Crippen LogP contribution in [-0.2, 0) is 6.18 Å². The van der Waals surface area contributed by atoms with Gasteiger partial charge in [0, 0.05) is 12.4 Å². The summed E-state index contributed by atoms with van der Waals surface area (Å²) in [6.45, 7) is 0. The highest BCUT2D eigenvalue weighted by Gasteiger charge is 2.32. The van der Waals surface area contributed by atoms with Gasteiger partial charge in [-0.15, -0.1) is 10.2 Å². The molecule has 0 aromatic carbocycles. The fourth-order valence-electron chi connectivity index (χ4n) is 1.78. The van der Waals surface area contributed by atoms with Crippen molar-refractivity contribution in [2.75, 3.05) is 0 Å². The van der Waals surface area contributed by atoms with Crippen LogP contribution in [0.3, 0.4) is 0 Å². The van der Waals surface area contributed by atoms with E-state index in [-0.39, 0.29) is 16.5 Å². The lowest BCUT2D eigenvalue weighted by Crippen LogP contribution is -2.07. The second-order valence-corrected chi connectivity index (χ2v) is 4.41. The van der Waals surface area contributed by atoms with Crippen LogP contribution in [0.5, 0.6) is 0 Å². The molecule has 0 saturated heterocycles. The molecule has 0 atom stereocenters. The van der Waals surface area contributed by atoms with E-state index in [0.29, 0.717) is 5.69 Å². The van der Waals surface area contributed by atoms with Crippen molar-refractivity contribution in [1.29, 1.82) is 0 Å². The molecule has 0 aliphatic rings.